The molecule has 3 amide bonds. The number of imide groups is 1. The van der Waals surface area contributed by atoms with E-state index in [4.69, 9.17) is 0 Å². The van der Waals surface area contributed by atoms with Gasteiger partial charge in [-0.15, -0.1) is 0 Å². The van der Waals surface area contributed by atoms with Crippen molar-refractivity contribution in [3.8, 4) is 0 Å². The molecule has 0 radical (unpaired) electrons. The fourth-order valence-corrected chi connectivity index (χ4v) is 3.09. The Morgan fingerprint density at radius 2 is 1.81 bits per heavy atom. The minimum absolute atomic E-state index is 0.108. The number of hydrogen-bond acceptors (Lipinski definition) is 3. The summed E-state index contributed by atoms with van der Waals surface area (Å²) in [5.41, 5.74) is 0.946. The van der Waals surface area contributed by atoms with Crippen LogP contribution in [-0.4, -0.2) is 46.7 Å². The van der Waals surface area contributed by atoms with E-state index in [1.54, 1.807) is 29.2 Å². The summed E-state index contributed by atoms with van der Waals surface area (Å²) < 4.78 is 0. The molecule has 2 aliphatic heterocycles. The molecule has 2 heterocycles. The maximum Gasteiger partial charge on any atom is 0.261 e. The summed E-state index contributed by atoms with van der Waals surface area (Å²) in [6.45, 7) is 3.05. The van der Waals surface area contributed by atoms with Gasteiger partial charge in [0, 0.05) is 19.5 Å². The minimum atomic E-state index is -0.231. The molecule has 0 N–H and O–H groups in total. The standard InChI is InChI=1S/C16H18N2O3/c1-2-5-14(19)17-9-8-11(10-17)18-15(20)12-6-3-4-7-13(12)16(18)21/h3-4,6-7,11H,2,5,8-10H2,1H3. The number of carbonyl (C=O) groups is 3. The van der Waals surface area contributed by atoms with Crippen molar-refractivity contribution in [1.82, 2.24) is 9.80 Å². The molecule has 5 heteroatoms. The van der Waals surface area contributed by atoms with Crippen molar-refractivity contribution in [1.29, 1.82) is 0 Å². The second-order valence-corrected chi connectivity index (χ2v) is 5.56. The Hall–Kier alpha value is -2.17. The highest BCUT2D eigenvalue weighted by molar-refractivity contribution is 6.21. The Morgan fingerprint density at radius 3 is 2.38 bits per heavy atom. The largest absolute Gasteiger partial charge is 0.341 e. The van der Waals surface area contributed by atoms with E-state index in [2.05, 4.69) is 0 Å². The van der Waals surface area contributed by atoms with Crippen LogP contribution >= 0.6 is 0 Å². The molecule has 1 atom stereocenters. The van der Waals surface area contributed by atoms with Crippen molar-refractivity contribution in [2.45, 2.75) is 32.2 Å². The maximum absolute atomic E-state index is 12.4. The van der Waals surface area contributed by atoms with E-state index in [0.29, 0.717) is 37.1 Å². The molecule has 21 heavy (non-hydrogen) atoms. The van der Waals surface area contributed by atoms with E-state index < -0.39 is 0 Å². The maximum atomic E-state index is 12.4. The molecule has 0 saturated carbocycles. The second kappa shape index (κ2) is 5.31. The molecule has 1 aromatic carbocycles. The molecule has 1 fully saturated rings. The zero-order valence-electron chi connectivity index (χ0n) is 12.0. The predicted molar refractivity (Wildman–Crippen MR) is 76.8 cm³/mol. The van der Waals surface area contributed by atoms with Crippen LogP contribution in [0, 0.1) is 0 Å². The van der Waals surface area contributed by atoms with E-state index in [-0.39, 0.29) is 23.8 Å². The van der Waals surface area contributed by atoms with Crippen molar-refractivity contribution in [3.63, 3.8) is 0 Å². The van der Waals surface area contributed by atoms with Gasteiger partial charge in [0.2, 0.25) is 5.91 Å². The lowest BCUT2D eigenvalue weighted by Gasteiger charge is -2.22. The first-order valence-electron chi connectivity index (χ1n) is 7.38. The smallest absolute Gasteiger partial charge is 0.261 e. The van der Waals surface area contributed by atoms with Crippen molar-refractivity contribution in [3.05, 3.63) is 35.4 Å². The molecule has 0 bridgehead atoms. The van der Waals surface area contributed by atoms with E-state index in [1.165, 1.54) is 4.90 Å². The summed E-state index contributed by atoms with van der Waals surface area (Å²) in [6, 6.07) is 6.70. The number of amides is 3. The first-order chi connectivity index (χ1) is 10.1. The molecule has 1 saturated heterocycles. The average molecular weight is 286 g/mol. The van der Waals surface area contributed by atoms with Gasteiger partial charge in [0.15, 0.2) is 0 Å². The van der Waals surface area contributed by atoms with Crippen LogP contribution in [0.5, 0.6) is 0 Å². The number of benzene rings is 1. The van der Waals surface area contributed by atoms with Crippen LogP contribution in [0.15, 0.2) is 24.3 Å². The molecule has 0 spiro atoms. The van der Waals surface area contributed by atoms with E-state index in [1.807, 2.05) is 6.92 Å². The van der Waals surface area contributed by atoms with Crippen LogP contribution in [0.2, 0.25) is 0 Å². The third kappa shape index (κ3) is 2.22. The van der Waals surface area contributed by atoms with Gasteiger partial charge in [0.25, 0.3) is 11.8 Å². The summed E-state index contributed by atoms with van der Waals surface area (Å²) in [6.07, 6.45) is 2.00. The molecule has 1 aromatic rings. The van der Waals surface area contributed by atoms with Crippen LogP contribution in [0.3, 0.4) is 0 Å². The highest BCUT2D eigenvalue weighted by atomic mass is 16.2. The van der Waals surface area contributed by atoms with Crippen LogP contribution in [0.25, 0.3) is 0 Å². The molecule has 1 unspecified atom stereocenters. The molecule has 110 valence electrons. The van der Waals surface area contributed by atoms with Gasteiger partial charge in [0.1, 0.15) is 0 Å². The fraction of sp³-hybridized carbons (Fsp3) is 0.438. The summed E-state index contributed by atoms with van der Waals surface area (Å²) in [5, 5.41) is 0. The Labute approximate surface area is 123 Å². The Morgan fingerprint density at radius 1 is 1.19 bits per heavy atom. The van der Waals surface area contributed by atoms with Gasteiger partial charge in [-0.3, -0.25) is 19.3 Å². The van der Waals surface area contributed by atoms with Crippen LogP contribution in [0.1, 0.15) is 46.9 Å². The van der Waals surface area contributed by atoms with Gasteiger partial charge in [-0.25, -0.2) is 0 Å². The summed E-state index contributed by atoms with van der Waals surface area (Å²) in [7, 11) is 0. The van der Waals surface area contributed by atoms with Gasteiger partial charge < -0.3 is 4.90 Å². The normalized spacial score (nSPS) is 21.1. The fourth-order valence-electron chi connectivity index (χ4n) is 3.09. The van der Waals surface area contributed by atoms with Crippen molar-refractivity contribution in [2.75, 3.05) is 13.1 Å². The molecular formula is C16H18N2O3. The summed E-state index contributed by atoms with van der Waals surface area (Å²) in [4.78, 5) is 39.8. The lowest BCUT2D eigenvalue weighted by molar-refractivity contribution is -0.130. The molecule has 0 aromatic heterocycles. The molecule has 3 rings (SSSR count). The molecular weight excluding hydrogens is 268 g/mol. The average Bonchev–Trinajstić information content (AvgIpc) is 3.05. The number of rotatable bonds is 3. The second-order valence-electron chi connectivity index (χ2n) is 5.56. The first-order valence-corrected chi connectivity index (χ1v) is 7.38. The predicted octanol–water partition coefficient (Wildman–Crippen LogP) is 1.68. The summed E-state index contributed by atoms with van der Waals surface area (Å²) >= 11 is 0. The number of likely N-dealkylation sites (tertiary alicyclic amines) is 1. The Kier molecular flexibility index (Phi) is 3.49. The molecule has 0 aliphatic carbocycles. The quantitative estimate of drug-likeness (QED) is 0.794. The van der Waals surface area contributed by atoms with Crippen molar-refractivity contribution < 1.29 is 14.4 Å². The van der Waals surface area contributed by atoms with Gasteiger partial charge in [-0.05, 0) is 25.0 Å². The summed E-state index contributed by atoms with van der Waals surface area (Å²) in [5.74, 6) is -0.354. The number of carbonyl (C=O) groups excluding carboxylic acids is 3. The van der Waals surface area contributed by atoms with E-state index >= 15 is 0 Å². The van der Waals surface area contributed by atoms with Gasteiger partial charge in [-0.2, -0.15) is 0 Å². The number of hydrogen-bond donors (Lipinski definition) is 0. The third-order valence-electron chi connectivity index (χ3n) is 4.17. The van der Waals surface area contributed by atoms with Gasteiger partial charge >= 0.3 is 0 Å². The number of nitrogens with zero attached hydrogens (tertiary/aromatic N) is 2. The monoisotopic (exact) mass is 286 g/mol. The van der Waals surface area contributed by atoms with Crippen LogP contribution in [0.4, 0.5) is 0 Å². The van der Waals surface area contributed by atoms with Crippen molar-refractivity contribution >= 4 is 17.7 Å². The Bertz CT molecular complexity index is 576. The highest BCUT2D eigenvalue weighted by Crippen LogP contribution is 2.28. The van der Waals surface area contributed by atoms with E-state index in [9.17, 15) is 14.4 Å². The van der Waals surface area contributed by atoms with Crippen LogP contribution in [-0.2, 0) is 4.79 Å². The highest BCUT2D eigenvalue weighted by Gasteiger charge is 2.42. The zero-order chi connectivity index (χ0) is 15.0. The van der Waals surface area contributed by atoms with E-state index in [0.717, 1.165) is 6.42 Å². The van der Waals surface area contributed by atoms with Crippen LogP contribution < -0.4 is 0 Å². The lowest BCUT2D eigenvalue weighted by atomic mass is 10.1. The minimum Gasteiger partial charge on any atom is -0.341 e. The SMILES string of the molecule is CCCC(=O)N1CCC(N2C(=O)c3ccccc3C2=O)C1. The molecule has 5 nitrogen and oxygen atoms in total. The zero-order valence-corrected chi connectivity index (χ0v) is 12.0. The van der Waals surface area contributed by atoms with Gasteiger partial charge in [0.05, 0.1) is 17.2 Å². The number of fused-ring (bicyclic) bond motifs is 1. The first kappa shape index (κ1) is 13.8. The topological polar surface area (TPSA) is 57.7 Å². The lowest BCUT2D eigenvalue weighted by Crippen LogP contribution is -2.42. The third-order valence-corrected chi connectivity index (χ3v) is 4.17. The Balaban J connectivity index is 1.77. The van der Waals surface area contributed by atoms with Crippen molar-refractivity contribution in [2.24, 2.45) is 0 Å². The van der Waals surface area contributed by atoms with Gasteiger partial charge in [-0.1, -0.05) is 19.1 Å². The molecule has 2 aliphatic rings.